The summed E-state index contributed by atoms with van der Waals surface area (Å²) >= 11 is 0. The van der Waals surface area contributed by atoms with Crippen molar-refractivity contribution in [1.82, 2.24) is 4.57 Å². The highest BCUT2D eigenvalue weighted by molar-refractivity contribution is 6.16. The van der Waals surface area contributed by atoms with Crippen LogP contribution < -0.4 is 0 Å². The fourth-order valence-electron chi connectivity index (χ4n) is 4.91. The quantitative estimate of drug-likeness (QED) is 0.284. The SMILES string of the molecule is CC(=O)c1ccc2c(c1)c1cc(C(=O)c3ccccc3)ccc1n2-c1c(C)cc(C)cc1C. The molecule has 3 nitrogen and oxygen atoms in total. The Bertz CT molecular complexity index is 1550. The summed E-state index contributed by atoms with van der Waals surface area (Å²) in [6.07, 6.45) is 0. The van der Waals surface area contributed by atoms with E-state index in [4.69, 9.17) is 0 Å². The average molecular weight is 432 g/mol. The summed E-state index contributed by atoms with van der Waals surface area (Å²) in [4.78, 5) is 25.3. The van der Waals surface area contributed by atoms with Gasteiger partial charge in [-0.15, -0.1) is 0 Å². The molecule has 4 aromatic carbocycles. The minimum absolute atomic E-state index is 0.0104. The molecule has 0 saturated heterocycles. The zero-order valence-corrected chi connectivity index (χ0v) is 19.3. The molecule has 0 unspecified atom stereocenters. The minimum Gasteiger partial charge on any atom is -0.309 e. The van der Waals surface area contributed by atoms with E-state index in [-0.39, 0.29) is 11.6 Å². The smallest absolute Gasteiger partial charge is 0.193 e. The maximum atomic E-state index is 13.2. The van der Waals surface area contributed by atoms with Crippen molar-refractivity contribution in [3.63, 3.8) is 0 Å². The van der Waals surface area contributed by atoms with Gasteiger partial charge in [0.25, 0.3) is 0 Å². The van der Waals surface area contributed by atoms with Gasteiger partial charge >= 0.3 is 0 Å². The van der Waals surface area contributed by atoms with E-state index in [9.17, 15) is 9.59 Å². The first-order chi connectivity index (χ1) is 15.8. The van der Waals surface area contributed by atoms with E-state index in [2.05, 4.69) is 37.5 Å². The van der Waals surface area contributed by atoms with Crippen molar-refractivity contribution in [2.24, 2.45) is 0 Å². The molecule has 3 heteroatoms. The van der Waals surface area contributed by atoms with Crippen LogP contribution in [0.25, 0.3) is 27.5 Å². The maximum absolute atomic E-state index is 13.2. The summed E-state index contributed by atoms with van der Waals surface area (Å²) in [5.74, 6) is 0.0147. The van der Waals surface area contributed by atoms with Crippen molar-refractivity contribution >= 4 is 33.4 Å². The van der Waals surface area contributed by atoms with Crippen molar-refractivity contribution in [3.8, 4) is 5.69 Å². The number of benzene rings is 4. The second-order valence-corrected chi connectivity index (χ2v) is 8.80. The fraction of sp³-hybridized carbons (Fsp3) is 0.133. The van der Waals surface area contributed by atoms with Crippen LogP contribution in [0.5, 0.6) is 0 Å². The van der Waals surface area contributed by atoms with Crippen LogP contribution in [-0.2, 0) is 0 Å². The molecule has 33 heavy (non-hydrogen) atoms. The summed E-state index contributed by atoms with van der Waals surface area (Å²) in [5.41, 5.74) is 8.74. The Balaban J connectivity index is 1.84. The molecule has 0 fully saturated rings. The van der Waals surface area contributed by atoms with Gasteiger partial charge in [-0.25, -0.2) is 0 Å². The van der Waals surface area contributed by atoms with Gasteiger partial charge in [0.1, 0.15) is 0 Å². The largest absolute Gasteiger partial charge is 0.309 e. The number of hydrogen-bond donors (Lipinski definition) is 0. The Hall–Kier alpha value is -3.98. The molecule has 0 bridgehead atoms. The second-order valence-electron chi connectivity index (χ2n) is 8.80. The highest BCUT2D eigenvalue weighted by atomic mass is 16.1. The third kappa shape index (κ3) is 3.46. The lowest BCUT2D eigenvalue weighted by Crippen LogP contribution is -2.02. The highest BCUT2D eigenvalue weighted by Crippen LogP contribution is 2.36. The molecule has 162 valence electrons. The molecule has 0 N–H and O–H groups in total. The fourth-order valence-corrected chi connectivity index (χ4v) is 4.91. The monoisotopic (exact) mass is 431 g/mol. The van der Waals surface area contributed by atoms with Crippen LogP contribution in [0.1, 0.15) is 49.9 Å². The molecule has 0 aliphatic heterocycles. The standard InChI is InChI=1S/C30H25NO2/c1-18-14-19(2)29(20(3)15-18)31-27-12-10-23(21(4)32)16-25(27)26-17-24(11-13-28(26)31)30(33)22-8-6-5-7-9-22/h5-17H,1-4H3. The lowest BCUT2D eigenvalue weighted by Gasteiger charge is -2.15. The molecule has 0 spiro atoms. The Labute approximate surface area is 193 Å². The third-order valence-corrected chi connectivity index (χ3v) is 6.33. The maximum Gasteiger partial charge on any atom is 0.193 e. The molecule has 0 amide bonds. The molecule has 5 aromatic rings. The molecule has 0 atom stereocenters. The van der Waals surface area contributed by atoms with Gasteiger partial charge in [0.15, 0.2) is 11.6 Å². The first-order valence-electron chi connectivity index (χ1n) is 11.1. The molecular formula is C30H25NO2. The molecule has 0 radical (unpaired) electrons. The van der Waals surface area contributed by atoms with E-state index in [1.54, 1.807) is 6.92 Å². The number of carbonyl (C=O) groups is 2. The van der Waals surface area contributed by atoms with Crippen LogP contribution in [-0.4, -0.2) is 16.1 Å². The number of fused-ring (bicyclic) bond motifs is 3. The van der Waals surface area contributed by atoms with Gasteiger partial charge in [-0.2, -0.15) is 0 Å². The third-order valence-electron chi connectivity index (χ3n) is 6.33. The van der Waals surface area contributed by atoms with Crippen LogP contribution in [0.15, 0.2) is 78.9 Å². The van der Waals surface area contributed by atoms with E-state index >= 15 is 0 Å². The van der Waals surface area contributed by atoms with Gasteiger partial charge in [0.2, 0.25) is 0 Å². The molecule has 0 aliphatic rings. The van der Waals surface area contributed by atoms with E-state index in [0.717, 1.165) is 27.5 Å². The zero-order chi connectivity index (χ0) is 23.3. The number of aromatic nitrogens is 1. The molecule has 5 rings (SSSR count). The number of Topliss-reactive ketones (excluding diaryl/α,β-unsaturated/α-hetero) is 1. The Morgan fingerprint density at radius 1 is 0.636 bits per heavy atom. The summed E-state index contributed by atoms with van der Waals surface area (Å²) in [7, 11) is 0. The summed E-state index contributed by atoms with van der Waals surface area (Å²) in [5, 5.41) is 1.94. The van der Waals surface area contributed by atoms with Crippen LogP contribution in [0.4, 0.5) is 0 Å². The van der Waals surface area contributed by atoms with Crippen LogP contribution in [0, 0.1) is 20.8 Å². The van der Waals surface area contributed by atoms with Crippen molar-refractivity contribution in [3.05, 3.63) is 112 Å². The molecule has 0 saturated carbocycles. The molecule has 1 heterocycles. The molecule has 0 aliphatic carbocycles. The van der Waals surface area contributed by atoms with E-state index < -0.39 is 0 Å². The predicted octanol–water partition coefficient (Wildman–Crippen LogP) is 7.14. The Kier molecular flexibility index (Phi) is 4.98. The second kappa shape index (κ2) is 7.86. The number of aryl methyl sites for hydroxylation is 3. The lowest BCUT2D eigenvalue weighted by molar-refractivity contribution is 0.101. The zero-order valence-electron chi connectivity index (χ0n) is 19.3. The van der Waals surface area contributed by atoms with Crippen LogP contribution in [0.2, 0.25) is 0 Å². The van der Waals surface area contributed by atoms with Crippen molar-refractivity contribution in [2.45, 2.75) is 27.7 Å². The highest BCUT2D eigenvalue weighted by Gasteiger charge is 2.19. The normalized spacial score (nSPS) is 11.3. The number of carbonyl (C=O) groups excluding carboxylic acids is 2. The molecular weight excluding hydrogens is 406 g/mol. The van der Waals surface area contributed by atoms with Crippen molar-refractivity contribution < 1.29 is 9.59 Å². The van der Waals surface area contributed by atoms with E-state index in [1.165, 1.54) is 16.7 Å². The average Bonchev–Trinajstić information content (AvgIpc) is 3.11. The summed E-state index contributed by atoms with van der Waals surface area (Å²) in [6, 6.07) is 25.5. The number of nitrogens with zero attached hydrogens (tertiary/aromatic N) is 1. The summed E-state index contributed by atoms with van der Waals surface area (Å²) in [6.45, 7) is 7.95. The van der Waals surface area contributed by atoms with Crippen LogP contribution in [0.3, 0.4) is 0 Å². The first-order valence-corrected chi connectivity index (χ1v) is 11.1. The first kappa shape index (κ1) is 20.9. The number of ketones is 2. The van der Waals surface area contributed by atoms with E-state index in [0.29, 0.717) is 16.7 Å². The van der Waals surface area contributed by atoms with Gasteiger partial charge in [0.05, 0.1) is 16.7 Å². The number of hydrogen-bond acceptors (Lipinski definition) is 2. The van der Waals surface area contributed by atoms with Gasteiger partial charge in [-0.1, -0.05) is 48.0 Å². The van der Waals surface area contributed by atoms with Gasteiger partial charge in [0, 0.05) is 27.5 Å². The predicted molar refractivity (Wildman–Crippen MR) is 135 cm³/mol. The number of rotatable bonds is 4. The lowest BCUT2D eigenvalue weighted by atomic mass is 10.0. The minimum atomic E-state index is -0.0104. The topological polar surface area (TPSA) is 39.1 Å². The van der Waals surface area contributed by atoms with Gasteiger partial charge in [-0.3, -0.25) is 9.59 Å². The van der Waals surface area contributed by atoms with Crippen molar-refractivity contribution in [1.29, 1.82) is 0 Å². The Morgan fingerprint density at radius 3 is 1.76 bits per heavy atom. The summed E-state index contributed by atoms with van der Waals surface area (Å²) < 4.78 is 2.26. The van der Waals surface area contributed by atoms with Crippen LogP contribution >= 0.6 is 0 Å². The van der Waals surface area contributed by atoms with Gasteiger partial charge in [-0.05, 0) is 75.2 Å². The molecule has 1 aromatic heterocycles. The van der Waals surface area contributed by atoms with E-state index in [1.807, 2.05) is 66.7 Å². The van der Waals surface area contributed by atoms with Gasteiger partial charge < -0.3 is 4.57 Å². The van der Waals surface area contributed by atoms with Crippen molar-refractivity contribution in [2.75, 3.05) is 0 Å². The Morgan fingerprint density at radius 2 is 1.18 bits per heavy atom.